The Bertz CT molecular complexity index is 1390. The molecule has 1 N–H and O–H groups in total. The maximum absolute atomic E-state index is 11.8. The van der Waals surface area contributed by atoms with E-state index in [0.717, 1.165) is 62.5 Å². The van der Waals surface area contributed by atoms with Gasteiger partial charge in [0.2, 0.25) is 6.41 Å². The third-order valence-electron chi connectivity index (χ3n) is 8.11. The molecular weight excluding hydrogens is 574 g/mol. The van der Waals surface area contributed by atoms with E-state index in [1.54, 1.807) is 0 Å². The molecule has 6 nitrogen and oxygen atoms in total. The fraction of sp³-hybridized carbons (Fsp3) is 0.371. The van der Waals surface area contributed by atoms with Crippen molar-refractivity contribution >= 4 is 41.8 Å². The fourth-order valence-corrected chi connectivity index (χ4v) is 6.87. The van der Waals surface area contributed by atoms with Gasteiger partial charge < -0.3 is 23.7 Å². The first kappa shape index (κ1) is 32.9. The Hall–Kier alpha value is -3.04. The van der Waals surface area contributed by atoms with Crippen LogP contribution in [0.2, 0.25) is 0 Å². The van der Waals surface area contributed by atoms with E-state index in [1.807, 2.05) is 30.3 Å². The summed E-state index contributed by atoms with van der Waals surface area (Å²) in [6, 6.07) is 27.1. The topological polar surface area (TPSA) is 69.6 Å². The van der Waals surface area contributed by atoms with E-state index < -0.39 is 0 Å². The zero-order chi connectivity index (χ0) is 30.3. The molecule has 0 aliphatic heterocycles. The maximum Gasteiger partial charge on any atom is 0.207 e. The summed E-state index contributed by atoms with van der Waals surface area (Å²) in [6.07, 6.45) is 10.2. The summed E-state index contributed by atoms with van der Waals surface area (Å²) in [7, 11) is 3.02. The van der Waals surface area contributed by atoms with Crippen molar-refractivity contribution < 1.29 is 18.8 Å². The Labute approximate surface area is 260 Å². The number of aldehydes is 1. The molecule has 1 aromatic heterocycles. The molecule has 4 aromatic rings. The van der Waals surface area contributed by atoms with Crippen molar-refractivity contribution in [1.82, 2.24) is 9.65 Å². The molecule has 8 heteroatoms. The number of nitrogens with one attached hydrogen (secondary N) is 1. The number of fused-ring (bicyclic) bond motifs is 1. The standard InChI is InChI=1S/C35H44N2O4P2/c1-43-37-24-31(34-12-5-6-13-35(34)37)21-30(18-19-38)20-29(22-33(41-42)23-36-26-39)11-7-10-27-14-16-32(17-15-27)40-25-28-8-3-2-4-9-28/h2-6,8-9,12-17,19,24,26,29-30,33,43H,7,10-11,18,20-23,25,42H2,1H3,(H,36,39). The maximum atomic E-state index is 11.8. The van der Waals surface area contributed by atoms with Gasteiger partial charge in [0.15, 0.2) is 0 Å². The highest BCUT2D eigenvalue weighted by molar-refractivity contribution is 7.35. The summed E-state index contributed by atoms with van der Waals surface area (Å²) in [4.78, 5) is 22.7. The lowest BCUT2D eigenvalue weighted by Crippen LogP contribution is -2.29. The van der Waals surface area contributed by atoms with E-state index in [0.29, 0.717) is 34.2 Å². The van der Waals surface area contributed by atoms with Crippen molar-refractivity contribution in [3.63, 3.8) is 0 Å². The average Bonchev–Trinajstić information content (AvgIpc) is 3.40. The van der Waals surface area contributed by atoms with E-state index in [-0.39, 0.29) is 12.0 Å². The second-order valence-electron chi connectivity index (χ2n) is 11.2. The van der Waals surface area contributed by atoms with Crippen LogP contribution < -0.4 is 10.1 Å². The van der Waals surface area contributed by atoms with Gasteiger partial charge in [-0.15, -0.1) is 0 Å². The monoisotopic (exact) mass is 618 g/mol. The number of hydrogen-bond donors (Lipinski definition) is 1. The molecule has 3 aromatic carbocycles. The summed E-state index contributed by atoms with van der Waals surface area (Å²) >= 11 is 0. The second-order valence-corrected chi connectivity index (χ2v) is 12.4. The van der Waals surface area contributed by atoms with Crippen LogP contribution in [0, 0.1) is 11.8 Å². The van der Waals surface area contributed by atoms with Gasteiger partial charge in [-0.2, -0.15) is 0 Å². The molecule has 0 fully saturated rings. The molecule has 0 radical (unpaired) electrons. The van der Waals surface area contributed by atoms with Crippen LogP contribution in [-0.2, 0) is 33.6 Å². The van der Waals surface area contributed by atoms with Gasteiger partial charge in [0.25, 0.3) is 0 Å². The summed E-state index contributed by atoms with van der Waals surface area (Å²) in [5.41, 5.74) is 5.00. The predicted molar refractivity (Wildman–Crippen MR) is 181 cm³/mol. The van der Waals surface area contributed by atoms with Gasteiger partial charge in [0, 0.05) is 34.0 Å². The third-order valence-corrected chi connectivity index (χ3v) is 9.34. The number of ether oxygens (including phenoxy) is 1. The minimum absolute atomic E-state index is 0.0960. The van der Waals surface area contributed by atoms with Crippen molar-refractivity contribution in [3.8, 4) is 5.75 Å². The molecular formula is C35H44N2O4P2. The zero-order valence-corrected chi connectivity index (χ0v) is 27.1. The van der Waals surface area contributed by atoms with Gasteiger partial charge >= 0.3 is 0 Å². The molecule has 5 unspecified atom stereocenters. The largest absolute Gasteiger partial charge is 0.489 e. The van der Waals surface area contributed by atoms with Crippen LogP contribution in [0.5, 0.6) is 5.75 Å². The molecule has 43 heavy (non-hydrogen) atoms. The summed E-state index contributed by atoms with van der Waals surface area (Å²) in [5.74, 6) is 1.47. The zero-order valence-electron chi connectivity index (χ0n) is 25.0. The van der Waals surface area contributed by atoms with E-state index in [9.17, 15) is 9.59 Å². The number of benzene rings is 3. The number of hydrogen-bond acceptors (Lipinski definition) is 4. The highest BCUT2D eigenvalue weighted by Crippen LogP contribution is 2.33. The van der Waals surface area contributed by atoms with E-state index in [1.165, 1.54) is 22.0 Å². The van der Waals surface area contributed by atoms with Crippen LogP contribution in [0.3, 0.4) is 0 Å². The molecule has 0 aliphatic rings. The van der Waals surface area contributed by atoms with Crippen LogP contribution in [0.1, 0.15) is 48.8 Å². The molecule has 0 bridgehead atoms. The Morgan fingerprint density at radius 3 is 2.42 bits per heavy atom. The molecule has 228 valence electrons. The van der Waals surface area contributed by atoms with Crippen molar-refractivity contribution in [2.24, 2.45) is 11.8 Å². The van der Waals surface area contributed by atoms with E-state index in [2.05, 4.69) is 80.5 Å². The van der Waals surface area contributed by atoms with Crippen LogP contribution in [0.4, 0.5) is 0 Å². The summed E-state index contributed by atoms with van der Waals surface area (Å²) in [6.45, 7) is 3.22. The van der Waals surface area contributed by atoms with Gasteiger partial charge in [0.05, 0.1) is 11.6 Å². The number of para-hydroxylation sites is 1. The Morgan fingerprint density at radius 2 is 1.70 bits per heavy atom. The van der Waals surface area contributed by atoms with E-state index in [4.69, 9.17) is 9.26 Å². The molecule has 4 rings (SSSR count). The molecule has 1 amide bonds. The lowest BCUT2D eigenvalue weighted by atomic mass is 9.82. The quantitative estimate of drug-likeness (QED) is 0.0829. The Morgan fingerprint density at radius 1 is 0.930 bits per heavy atom. The number of aryl methyl sites for hydroxylation is 1. The number of nitrogens with zero attached hydrogens (tertiary/aromatic N) is 1. The molecule has 0 saturated carbocycles. The predicted octanol–water partition coefficient (Wildman–Crippen LogP) is 7.38. The Kier molecular flexibility index (Phi) is 13.7. The third kappa shape index (κ3) is 10.3. The van der Waals surface area contributed by atoms with Gasteiger partial charge in [0.1, 0.15) is 18.6 Å². The van der Waals surface area contributed by atoms with Crippen molar-refractivity contribution in [2.75, 3.05) is 13.2 Å². The molecule has 5 atom stereocenters. The highest BCUT2D eigenvalue weighted by Gasteiger charge is 2.22. The second kappa shape index (κ2) is 17.9. The van der Waals surface area contributed by atoms with Crippen LogP contribution in [0.25, 0.3) is 10.9 Å². The van der Waals surface area contributed by atoms with Gasteiger partial charge in [-0.3, -0.25) is 4.79 Å². The number of amides is 1. The number of carbonyl (C=O) groups excluding carboxylic acids is 2. The average molecular weight is 619 g/mol. The fourth-order valence-electron chi connectivity index (χ4n) is 5.94. The number of rotatable bonds is 20. The smallest absolute Gasteiger partial charge is 0.207 e. The first-order valence-corrected chi connectivity index (χ1v) is 17.0. The van der Waals surface area contributed by atoms with Gasteiger partial charge in [-0.25, -0.2) is 0 Å². The number of carbonyl (C=O) groups is 2. The molecule has 0 saturated heterocycles. The lowest BCUT2D eigenvalue weighted by Gasteiger charge is -2.26. The Balaban J connectivity index is 1.39. The van der Waals surface area contributed by atoms with Crippen molar-refractivity contribution in [1.29, 1.82) is 0 Å². The van der Waals surface area contributed by atoms with Crippen LogP contribution >= 0.6 is 18.2 Å². The van der Waals surface area contributed by atoms with Crippen molar-refractivity contribution in [2.45, 2.75) is 57.7 Å². The normalized spacial score (nSPS) is 13.6. The lowest BCUT2D eigenvalue weighted by molar-refractivity contribution is -0.110. The van der Waals surface area contributed by atoms with E-state index >= 15 is 0 Å². The number of aromatic nitrogens is 1. The minimum Gasteiger partial charge on any atom is -0.489 e. The first-order valence-electron chi connectivity index (χ1n) is 15.1. The molecule has 1 heterocycles. The van der Waals surface area contributed by atoms with Crippen LogP contribution in [-0.4, -0.2) is 36.3 Å². The van der Waals surface area contributed by atoms with Gasteiger partial charge in [-0.05, 0) is 94.2 Å². The van der Waals surface area contributed by atoms with Gasteiger partial charge in [-0.1, -0.05) is 67.1 Å². The van der Waals surface area contributed by atoms with Crippen molar-refractivity contribution in [3.05, 3.63) is 102 Å². The summed E-state index contributed by atoms with van der Waals surface area (Å²) < 4.78 is 13.9. The van der Waals surface area contributed by atoms with Crippen LogP contribution in [0.15, 0.2) is 85.1 Å². The molecule has 0 spiro atoms. The molecule has 0 aliphatic carbocycles. The summed E-state index contributed by atoms with van der Waals surface area (Å²) in [5, 5.41) is 4.05. The SMILES string of the molecule is CPn1cc(CC(CC=O)CC(CCCc2ccc(OCc3ccccc3)cc2)CC(CNC=O)OP)c2ccccc21. The highest BCUT2D eigenvalue weighted by atomic mass is 31.1. The minimum atomic E-state index is -0.0960. The first-order chi connectivity index (χ1) is 21.1.